The number of rotatable bonds is 4. The van der Waals surface area contributed by atoms with Crippen molar-refractivity contribution < 1.29 is 19.4 Å². The van der Waals surface area contributed by atoms with E-state index in [1.807, 2.05) is 6.07 Å². The van der Waals surface area contributed by atoms with Crippen molar-refractivity contribution in [2.24, 2.45) is 5.73 Å². The SMILES string of the molecule is COCC(N)C(=O)N1CCc2c(cccc2C(=O)O)C1. The Morgan fingerprint density at radius 2 is 2.25 bits per heavy atom. The highest BCUT2D eigenvalue weighted by atomic mass is 16.5. The van der Waals surface area contributed by atoms with Gasteiger partial charge in [0.2, 0.25) is 5.91 Å². The van der Waals surface area contributed by atoms with Gasteiger partial charge in [0.15, 0.2) is 0 Å². The minimum absolute atomic E-state index is 0.168. The molecule has 0 radical (unpaired) electrons. The van der Waals surface area contributed by atoms with Crippen LogP contribution in [0, 0.1) is 0 Å². The maximum atomic E-state index is 12.1. The predicted octanol–water partition coefficient (Wildman–Crippen LogP) is 0.243. The molecule has 2 rings (SSSR count). The number of nitrogens with two attached hydrogens (primary N) is 1. The van der Waals surface area contributed by atoms with Crippen LogP contribution in [0.2, 0.25) is 0 Å². The Bertz CT molecular complexity index is 530. The number of aromatic carboxylic acids is 1. The van der Waals surface area contributed by atoms with Gasteiger partial charge in [-0.05, 0) is 23.6 Å². The van der Waals surface area contributed by atoms with Crippen LogP contribution in [-0.2, 0) is 22.5 Å². The molecular weight excluding hydrogens is 260 g/mol. The van der Waals surface area contributed by atoms with Crippen molar-refractivity contribution in [3.63, 3.8) is 0 Å². The molecule has 0 aliphatic carbocycles. The van der Waals surface area contributed by atoms with Crippen molar-refractivity contribution in [3.8, 4) is 0 Å². The quantitative estimate of drug-likeness (QED) is 0.823. The number of ether oxygens (including phenoxy) is 1. The van der Waals surface area contributed by atoms with Crippen LogP contribution in [0.1, 0.15) is 21.5 Å². The summed E-state index contributed by atoms with van der Waals surface area (Å²) in [6.45, 7) is 1.05. The van der Waals surface area contributed by atoms with Gasteiger partial charge in [-0.1, -0.05) is 12.1 Å². The number of methoxy groups -OCH3 is 1. The molecule has 1 aromatic carbocycles. The molecule has 1 aromatic rings. The molecule has 0 saturated heterocycles. The normalized spacial score (nSPS) is 15.6. The van der Waals surface area contributed by atoms with E-state index in [-0.39, 0.29) is 12.5 Å². The lowest BCUT2D eigenvalue weighted by molar-refractivity contribution is -0.134. The zero-order chi connectivity index (χ0) is 14.7. The highest BCUT2D eigenvalue weighted by Gasteiger charge is 2.27. The van der Waals surface area contributed by atoms with E-state index in [4.69, 9.17) is 15.6 Å². The second-order valence-corrected chi connectivity index (χ2v) is 4.82. The van der Waals surface area contributed by atoms with Gasteiger partial charge in [-0.15, -0.1) is 0 Å². The fourth-order valence-electron chi connectivity index (χ4n) is 2.48. The summed E-state index contributed by atoms with van der Waals surface area (Å²) in [5, 5.41) is 9.16. The molecular formula is C14H18N2O4. The molecule has 6 heteroatoms. The van der Waals surface area contributed by atoms with Crippen LogP contribution >= 0.6 is 0 Å². The van der Waals surface area contributed by atoms with Gasteiger partial charge < -0.3 is 20.5 Å². The first kappa shape index (κ1) is 14.5. The largest absolute Gasteiger partial charge is 0.478 e. The summed E-state index contributed by atoms with van der Waals surface area (Å²) < 4.78 is 4.89. The average molecular weight is 278 g/mol. The number of carbonyl (C=O) groups excluding carboxylic acids is 1. The fourth-order valence-corrected chi connectivity index (χ4v) is 2.48. The Balaban J connectivity index is 2.18. The summed E-state index contributed by atoms with van der Waals surface area (Å²) >= 11 is 0. The molecule has 1 aliphatic rings. The van der Waals surface area contributed by atoms with E-state index in [0.717, 1.165) is 11.1 Å². The second kappa shape index (κ2) is 6.02. The molecule has 1 atom stereocenters. The Hall–Kier alpha value is -1.92. The van der Waals surface area contributed by atoms with Crippen molar-refractivity contribution in [1.29, 1.82) is 0 Å². The zero-order valence-corrected chi connectivity index (χ0v) is 11.3. The first-order valence-corrected chi connectivity index (χ1v) is 6.42. The third kappa shape index (κ3) is 2.81. The number of hydrogen-bond acceptors (Lipinski definition) is 4. The van der Waals surface area contributed by atoms with Crippen LogP contribution < -0.4 is 5.73 Å². The van der Waals surface area contributed by atoms with Gasteiger partial charge in [-0.3, -0.25) is 4.79 Å². The maximum absolute atomic E-state index is 12.1. The van der Waals surface area contributed by atoms with Crippen LogP contribution in [0.3, 0.4) is 0 Å². The lowest BCUT2D eigenvalue weighted by Crippen LogP contribution is -2.47. The van der Waals surface area contributed by atoms with Crippen LogP contribution in [0.25, 0.3) is 0 Å². The number of carboxylic acid groups (broad SMARTS) is 1. The number of fused-ring (bicyclic) bond motifs is 1. The Morgan fingerprint density at radius 1 is 1.50 bits per heavy atom. The topological polar surface area (TPSA) is 92.9 Å². The molecule has 20 heavy (non-hydrogen) atoms. The molecule has 1 aliphatic heterocycles. The van der Waals surface area contributed by atoms with Gasteiger partial charge in [0.05, 0.1) is 12.2 Å². The van der Waals surface area contributed by atoms with E-state index in [9.17, 15) is 9.59 Å². The average Bonchev–Trinajstić information content (AvgIpc) is 2.45. The molecule has 108 valence electrons. The molecule has 1 unspecified atom stereocenters. The smallest absolute Gasteiger partial charge is 0.335 e. The van der Waals surface area contributed by atoms with Crippen LogP contribution in [0.4, 0.5) is 0 Å². The van der Waals surface area contributed by atoms with Gasteiger partial charge in [0.1, 0.15) is 6.04 Å². The molecule has 6 nitrogen and oxygen atoms in total. The van der Waals surface area contributed by atoms with Gasteiger partial charge >= 0.3 is 5.97 Å². The van der Waals surface area contributed by atoms with E-state index in [1.54, 1.807) is 17.0 Å². The summed E-state index contributed by atoms with van der Waals surface area (Å²) in [5.74, 6) is -1.10. The lowest BCUT2D eigenvalue weighted by atomic mass is 9.94. The van der Waals surface area contributed by atoms with Gasteiger partial charge in [-0.25, -0.2) is 4.79 Å². The van der Waals surface area contributed by atoms with Crippen LogP contribution in [0.5, 0.6) is 0 Å². The number of nitrogens with zero attached hydrogens (tertiary/aromatic N) is 1. The maximum Gasteiger partial charge on any atom is 0.335 e. The van der Waals surface area contributed by atoms with Crippen molar-refractivity contribution in [3.05, 3.63) is 34.9 Å². The lowest BCUT2D eigenvalue weighted by Gasteiger charge is -2.31. The Kier molecular flexibility index (Phi) is 4.36. The van der Waals surface area contributed by atoms with Crippen molar-refractivity contribution >= 4 is 11.9 Å². The number of benzene rings is 1. The molecule has 1 amide bonds. The highest BCUT2D eigenvalue weighted by molar-refractivity contribution is 5.90. The molecule has 0 spiro atoms. The number of carboxylic acids is 1. The first-order valence-electron chi connectivity index (χ1n) is 6.42. The van der Waals surface area contributed by atoms with Gasteiger partial charge in [0.25, 0.3) is 0 Å². The Labute approximate surface area is 117 Å². The van der Waals surface area contributed by atoms with Crippen molar-refractivity contribution in [2.45, 2.75) is 19.0 Å². The van der Waals surface area contributed by atoms with Gasteiger partial charge in [-0.2, -0.15) is 0 Å². The summed E-state index contributed by atoms with van der Waals surface area (Å²) in [4.78, 5) is 24.9. The van der Waals surface area contributed by atoms with Crippen molar-refractivity contribution in [1.82, 2.24) is 4.90 Å². The number of amides is 1. The molecule has 0 aromatic heterocycles. The molecule has 3 N–H and O–H groups in total. The monoisotopic (exact) mass is 278 g/mol. The van der Waals surface area contributed by atoms with Gasteiger partial charge in [0, 0.05) is 20.2 Å². The molecule has 0 bridgehead atoms. The molecule has 1 heterocycles. The first-order chi connectivity index (χ1) is 9.54. The summed E-state index contributed by atoms with van der Waals surface area (Å²) in [6, 6.07) is 4.47. The standard InChI is InChI=1S/C14H18N2O4/c1-20-8-12(15)13(17)16-6-5-10-9(7-16)3-2-4-11(10)14(18)19/h2-4,12H,5-8,15H2,1H3,(H,18,19). The highest BCUT2D eigenvalue weighted by Crippen LogP contribution is 2.23. The summed E-state index contributed by atoms with van der Waals surface area (Å²) in [6.07, 6.45) is 0.531. The van der Waals surface area contributed by atoms with E-state index >= 15 is 0 Å². The van der Waals surface area contributed by atoms with E-state index in [0.29, 0.717) is 25.1 Å². The third-order valence-electron chi connectivity index (χ3n) is 3.47. The zero-order valence-electron chi connectivity index (χ0n) is 11.3. The number of carbonyl (C=O) groups is 2. The van der Waals surface area contributed by atoms with E-state index in [2.05, 4.69) is 0 Å². The predicted molar refractivity (Wildman–Crippen MR) is 72.4 cm³/mol. The third-order valence-corrected chi connectivity index (χ3v) is 3.47. The summed E-state index contributed by atoms with van der Waals surface area (Å²) in [5.41, 5.74) is 7.74. The Morgan fingerprint density at radius 3 is 2.90 bits per heavy atom. The fraction of sp³-hybridized carbons (Fsp3) is 0.429. The van der Waals surface area contributed by atoms with Crippen molar-refractivity contribution in [2.75, 3.05) is 20.3 Å². The minimum atomic E-state index is -0.933. The number of hydrogen-bond donors (Lipinski definition) is 2. The molecule has 0 fully saturated rings. The van der Waals surface area contributed by atoms with Crippen LogP contribution in [0.15, 0.2) is 18.2 Å². The summed E-state index contributed by atoms with van der Waals surface area (Å²) in [7, 11) is 1.50. The van der Waals surface area contributed by atoms with E-state index in [1.165, 1.54) is 7.11 Å². The van der Waals surface area contributed by atoms with Crippen LogP contribution in [-0.4, -0.2) is 48.2 Å². The second-order valence-electron chi connectivity index (χ2n) is 4.82. The molecule has 0 saturated carbocycles. The minimum Gasteiger partial charge on any atom is -0.478 e. The van der Waals surface area contributed by atoms with E-state index < -0.39 is 12.0 Å².